The number of benzene rings is 1. The van der Waals surface area contributed by atoms with Crippen LogP contribution >= 0.6 is 0 Å². The van der Waals surface area contributed by atoms with Gasteiger partial charge in [0.05, 0.1) is 6.54 Å². The average Bonchev–Trinajstić information content (AvgIpc) is 2.41. The van der Waals surface area contributed by atoms with Gasteiger partial charge in [0.2, 0.25) is 5.91 Å². The number of amides is 1. The van der Waals surface area contributed by atoms with Gasteiger partial charge in [-0.3, -0.25) is 4.79 Å². The summed E-state index contributed by atoms with van der Waals surface area (Å²) in [5.41, 5.74) is 0.957. The molecule has 0 unspecified atom stereocenters. The van der Waals surface area contributed by atoms with Crippen LogP contribution in [0.25, 0.3) is 0 Å². The number of para-hydroxylation sites is 1. The van der Waals surface area contributed by atoms with E-state index in [1.165, 1.54) is 0 Å². The molecule has 0 aliphatic carbocycles. The molecular formula is C14H22N2O2. The van der Waals surface area contributed by atoms with Crippen molar-refractivity contribution < 1.29 is 9.53 Å². The monoisotopic (exact) mass is 250 g/mol. The molecule has 0 aromatic heterocycles. The molecule has 0 atom stereocenters. The van der Waals surface area contributed by atoms with Crippen molar-refractivity contribution in [2.45, 2.75) is 19.8 Å². The molecule has 18 heavy (non-hydrogen) atoms. The van der Waals surface area contributed by atoms with E-state index < -0.39 is 0 Å². The maximum atomic E-state index is 11.5. The fourth-order valence-corrected chi connectivity index (χ4v) is 1.45. The second-order valence-electron chi connectivity index (χ2n) is 4.04. The molecule has 0 aliphatic heterocycles. The van der Waals surface area contributed by atoms with Gasteiger partial charge < -0.3 is 15.4 Å². The van der Waals surface area contributed by atoms with Crippen molar-refractivity contribution >= 4 is 11.6 Å². The molecule has 0 aliphatic rings. The van der Waals surface area contributed by atoms with Gasteiger partial charge in [0, 0.05) is 25.4 Å². The largest absolute Gasteiger partial charge is 0.381 e. The van der Waals surface area contributed by atoms with Gasteiger partial charge in [-0.1, -0.05) is 25.1 Å². The Labute approximate surface area is 109 Å². The minimum Gasteiger partial charge on any atom is -0.381 e. The predicted octanol–water partition coefficient (Wildman–Crippen LogP) is 2.03. The maximum Gasteiger partial charge on any atom is 0.239 e. The van der Waals surface area contributed by atoms with E-state index in [1.807, 2.05) is 30.3 Å². The number of hydrogen-bond donors (Lipinski definition) is 2. The lowest BCUT2D eigenvalue weighted by Gasteiger charge is -2.07. The fourth-order valence-electron chi connectivity index (χ4n) is 1.45. The predicted molar refractivity (Wildman–Crippen MR) is 73.7 cm³/mol. The minimum absolute atomic E-state index is 0.00865. The third-order valence-corrected chi connectivity index (χ3v) is 2.36. The summed E-state index contributed by atoms with van der Waals surface area (Å²) in [6, 6.07) is 9.69. The van der Waals surface area contributed by atoms with Crippen LogP contribution in [0.5, 0.6) is 0 Å². The molecule has 0 fully saturated rings. The van der Waals surface area contributed by atoms with Gasteiger partial charge in [0.1, 0.15) is 0 Å². The number of carbonyl (C=O) groups excluding carboxylic acids is 1. The highest BCUT2D eigenvalue weighted by Crippen LogP contribution is 2.03. The zero-order chi connectivity index (χ0) is 13.1. The quantitative estimate of drug-likeness (QED) is 0.659. The van der Waals surface area contributed by atoms with Crippen molar-refractivity contribution in [2.24, 2.45) is 0 Å². The average molecular weight is 250 g/mol. The Hall–Kier alpha value is -1.55. The van der Waals surface area contributed by atoms with Crippen molar-refractivity contribution in [3.8, 4) is 0 Å². The molecule has 0 heterocycles. The Morgan fingerprint density at radius 3 is 2.72 bits per heavy atom. The summed E-state index contributed by atoms with van der Waals surface area (Å²) >= 11 is 0. The number of ether oxygens (including phenoxy) is 1. The fraction of sp³-hybridized carbons (Fsp3) is 0.500. The maximum absolute atomic E-state index is 11.5. The van der Waals surface area contributed by atoms with Gasteiger partial charge in [-0.25, -0.2) is 0 Å². The van der Waals surface area contributed by atoms with Gasteiger partial charge in [-0.05, 0) is 25.0 Å². The SMILES string of the molecule is CCCOCCCNC(=O)CNc1ccccc1. The summed E-state index contributed by atoms with van der Waals surface area (Å²) in [5, 5.41) is 5.91. The molecule has 1 aromatic carbocycles. The number of carbonyl (C=O) groups is 1. The molecule has 1 rings (SSSR count). The van der Waals surface area contributed by atoms with Crippen LogP contribution in [0.1, 0.15) is 19.8 Å². The van der Waals surface area contributed by atoms with Crippen molar-refractivity contribution in [1.29, 1.82) is 0 Å². The first-order valence-electron chi connectivity index (χ1n) is 6.46. The Morgan fingerprint density at radius 1 is 1.22 bits per heavy atom. The van der Waals surface area contributed by atoms with Crippen molar-refractivity contribution in [1.82, 2.24) is 5.32 Å². The lowest BCUT2D eigenvalue weighted by molar-refractivity contribution is -0.119. The topological polar surface area (TPSA) is 50.4 Å². The van der Waals surface area contributed by atoms with Gasteiger partial charge in [-0.15, -0.1) is 0 Å². The molecule has 1 amide bonds. The second kappa shape index (κ2) is 9.48. The Bertz CT molecular complexity index is 328. The first-order chi connectivity index (χ1) is 8.83. The van der Waals surface area contributed by atoms with Crippen molar-refractivity contribution in [3.05, 3.63) is 30.3 Å². The summed E-state index contributed by atoms with van der Waals surface area (Å²) < 4.78 is 5.33. The van der Waals surface area contributed by atoms with Crippen molar-refractivity contribution in [3.63, 3.8) is 0 Å². The van der Waals surface area contributed by atoms with E-state index in [2.05, 4.69) is 17.6 Å². The Balaban J connectivity index is 2.01. The number of anilines is 1. The molecule has 2 N–H and O–H groups in total. The number of nitrogens with one attached hydrogen (secondary N) is 2. The van der Waals surface area contributed by atoms with Gasteiger partial charge in [0.15, 0.2) is 0 Å². The van der Waals surface area contributed by atoms with E-state index in [-0.39, 0.29) is 5.91 Å². The number of rotatable bonds is 9. The molecule has 1 aromatic rings. The van der Waals surface area contributed by atoms with Crippen LogP contribution < -0.4 is 10.6 Å². The lowest BCUT2D eigenvalue weighted by atomic mass is 10.3. The molecule has 0 saturated heterocycles. The van der Waals surface area contributed by atoms with E-state index in [0.29, 0.717) is 19.7 Å². The second-order valence-corrected chi connectivity index (χ2v) is 4.04. The smallest absolute Gasteiger partial charge is 0.239 e. The number of hydrogen-bond acceptors (Lipinski definition) is 3. The van der Waals surface area contributed by atoms with E-state index in [1.54, 1.807) is 0 Å². The van der Waals surface area contributed by atoms with Crippen LogP contribution in [0.4, 0.5) is 5.69 Å². The molecule has 0 bridgehead atoms. The van der Waals surface area contributed by atoms with Crippen LogP contribution in [0.2, 0.25) is 0 Å². The van der Waals surface area contributed by atoms with Crippen molar-refractivity contribution in [2.75, 3.05) is 31.6 Å². The standard InChI is InChI=1S/C14H22N2O2/c1-2-10-18-11-6-9-15-14(17)12-16-13-7-4-3-5-8-13/h3-5,7-8,16H,2,6,9-12H2,1H3,(H,15,17). The van der Waals surface area contributed by atoms with E-state index in [9.17, 15) is 4.79 Å². The minimum atomic E-state index is 0.00865. The summed E-state index contributed by atoms with van der Waals surface area (Å²) in [4.78, 5) is 11.5. The van der Waals surface area contributed by atoms with E-state index >= 15 is 0 Å². The molecule has 4 heteroatoms. The zero-order valence-electron chi connectivity index (χ0n) is 10.9. The molecule has 0 saturated carbocycles. The van der Waals surface area contributed by atoms with Crippen LogP contribution in [0, 0.1) is 0 Å². The molecule has 0 spiro atoms. The Morgan fingerprint density at radius 2 is 2.00 bits per heavy atom. The first-order valence-corrected chi connectivity index (χ1v) is 6.46. The molecular weight excluding hydrogens is 228 g/mol. The first kappa shape index (κ1) is 14.5. The van der Waals surface area contributed by atoms with E-state index in [0.717, 1.165) is 25.1 Å². The van der Waals surface area contributed by atoms with Gasteiger partial charge in [-0.2, -0.15) is 0 Å². The molecule has 100 valence electrons. The third-order valence-electron chi connectivity index (χ3n) is 2.36. The zero-order valence-corrected chi connectivity index (χ0v) is 10.9. The lowest BCUT2D eigenvalue weighted by Crippen LogP contribution is -2.31. The van der Waals surface area contributed by atoms with E-state index in [4.69, 9.17) is 4.74 Å². The third kappa shape index (κ3) is 6.91. The van der Waals surface area contributed by atoms with Crippen LogP contribution in [-0.4, -0.2) is 32.2 Å². The van der Waals surface area contributed by atoms with Crippen LogP contribution in [0.3, 0.4) is 0 Å². The molecule has 4 nitrogen and oxygen atoms in total. The van der Waals surface area contributed by atoms with Crippen LogP contribution in [-0.2, 0) is 9.53 Å². The van der Waals surface area contributed by atoms with Gasteiger partial charge >= 0.3 is 0 Å². The summed E-state index contributed by atoms with van der Waals surface area (Å²) in [6.07, 6.45) is 1.89. The summed E-state index contributed by atoms with van der Waals surface area (Å²) in [7, 11) is 0. The summed E-state index contributed by atoms with van der Waals surface area (Å²) in [6.45, 7) is 4.56. The highest BCUT2D eigenvalue weighted by Gasteiger charge is 1.99. The Kier molecular flexibility index (Phi) is 7.64. The highest BCUT2D eigenvalue weighted by molar-refractivity contribution is 5.80. The molecule has 0 radical (unpaired) electrons. The van der Waals surface area contributed by atoms with Crippen LogP contribution in [0.15, 0.2) is 30.3 Å². The highest BCUT2D eigenvalue weighted by atomic mass is 16.5. The normalized spacial score (nSPS) is 10.1. The summed E-state index contributed by atoms with van der Waals surface area (Å²) in [5.74, 6) is 0.00865. The van der Waals surface area contributed by atoms with Gasteiger partial charge in [0.25, 0.3) is 0 Å².